The highest BCUT2D eigenvalue weighted by Gasteiger charge is 2.03. The van der Waals surface area contributed by atoms with Gasteiger partial charge in [-0.1, -0.05) is 0 Å². The van der Waals surface area contributed by atoms with Gasteiger partial charge in [0, 0.05) is 11.8 Å². The number of ether oxygens (including phenoxy) is 1. The molecular formula is C9H14N4O2. The molecule has 6 nitrogen and oxygen atoms in total. The summed E-state index contributed by atoms with van der Waals surface area (Å²) in [5.41, 5.74) is 5.75. The number of amides is 1. The van der Waals surface area contributed by atoms with Gasteiger partial charge >= 0.3 is 0 Å². The third-order valence-electron chi connectivity index (χ3n) is 1.54. The van der Waals surface area contributed by atoms with E-state index >= 15 is 0 Å². The number of anilines is 1. The van der Waals surface area contributed by atoms with Crippen molar-refractivity contribution in [2.45, 2.75) is 13.8 Å². The van der Waals surface area contributed by atoms with E-state index in [4.69, 9.17) is 10.5 Å². The van der Waals surface area contributed by atoms with Crippen molar-refractivity contribution < 1.29 is 9.53 Å². The molecule has 0 bridgehead atoms. The molecule has 0 unspecified atom stereocenters. The molecule has 82 valence electrons. The summed E-state index contributed by atoms with van der Waals surface area (Å²) in [6.07, 6.45) is 0. The number of rotatable bonds is 5. The molecule has 1 amide bonds. The number of nitrogens with one attached hydrogen (secondary N) is 1. The number of primary amides is 1. The standard InChI is InChI=1S/C9H14N4O2/c1-3-15-8-4-6(2)12-9(13-8)11-5-7(10)14/h4H,3,5H2,1-2H3,(H2,10,14)(H,11,12,13). The lowest BCUT2D eigenvalue weighted by Gasteiger charge is -2.06. The Balaban J connectivity index is 2.74. The fourth-order valence-electron chi connectivity index (χ4n) is 1.01. The molecule has 3 N–H and O–H groups in total. The molecule has 0 atom stereocenters. The summed E-state index contributed by atoms with van der Waals surface area (Å²) >= 11 is 0. The third kappa shape index (κ3) is 3.80. The molecule has 0 spiro atoms. The quantitative estimate of drug-likeness (QED) is 0.718. The molecule has 0 aromatic carbocycles. The molecule has 15 heavy (non-hydrogen) atoms. The number of hydrogen-bond acceptors (Lipinski definition) is 5. The summed E-state index contributed by atoms with van der Waals surface area (Å²) in [7, 11) is 0. The lowest BCUT2D eigenvalue weighted by molar-refractivity contribution is -0.116. The van der Waals surface area contributed by atoms with Gasteiger partial charge in [0.1, 0.15) is 0 Å². The molecule has 0 radical (unpaired) electrons. The minimum Gasteiger partial charge on any atom is -0.478 e. The zero-order chi connectivity index (χ0) is 11.3. The Bertz CT molecular complexity index is 354. The van der Waals surface area contributed by atoms with E-state index in [0.29, 0.717) is 18.4 Å². The number of aromatic nitrogens is 2. The molecule has 0 fully saturated rings. The Hall–Kier alpha value is -1.85. The first kappa shape index (κ1) is 11.2. The maximum Gasteiger partial charge on any atom is 0.236 e. The van der Waals surface area contributed by atoms with Crippen molar-refractivity contribution in [3.63, 3.8) is 0 Å². The van der Waals surface area contributed by atoms with Crippen LogP contribution < -0.4 is 15.8 Å². The van der Waals surface area contributed by atoms with Crippen LogP contribution in [-0.4, -0.2) is 29.0 Å². The van der Waals surface area contributed by atoms with Crippen molar-refractivity contribution in [3.8, 4) is 5.88 Å². The molecule has 1 aromatic heterocycles. The number of carbonyl (C=O) groups excluding carboxylic acids is 1. The summed E-state index contributed by atoms with van der Waals surface area (Å²) in [5.74, 6) is 0.368. The first-order valence-corrected chi connectivity index (χ1v) is 4.62. The number of carbonyl (C=O) groups is 1. The minimum atomic E-state index is -0.460. The number of nitrogens with two attached hydrogens (primary N) is 1. The van der Waals surface area contributed by atoms with Crippen molar-refractivity contribution in [2.24, 2.45) is 5.73 Å². The topological polar surface area (TPSA) is 90.1 Å². The van der Waals surface area contributed by atoms with Gasteiger partial charge in [-0.05, 0) is 13.8 Å². The van der Waals surface area contributed by atoms with Crippen molar-refractivity contribution in [1.29, 1.82) is 0 Å². The van der Waals surface area contributed by atoms with E-state index in [9.17, 15) is 4.79 Å². The van der Waals surface area contributed by atoms with Crippen LogP contribution in [0.25, 0.3) is 0 Å². The Labute approximate surface area is 87.9 Å². The summed E-state index contributed by atoms with van der Waals surface area (Å²) < 4.78 is 5.23. The number of nitrogens with zero attached hydrogens (tertiary/aromatic N) is 2. The van der Waals surface area contributed by atoms with Crippen LogP contribution in [0, 0.1) is 6.92 Å². The van der Waals surface area contributed by atoms with Crippen LogP contribution in [0.4, 0.5) is 5.95 Å². The lowest BCUT2D eigenvalue weighted by atomic mass is 10.4. The maximum atomic E-state index is 10.5. The highest BCUT2D eigenvalue weighted by atomic mass is 16.5. The second kappa shape index (κ2) is 5.14. The summed E-state index contributed by atoms with van der Waals surface area (Å²) in [5, 5.41) is 2.71. The zero-order valence-electron chi connectivity index (χ0n) is 8.78. The van der Waals surface area contributed by atoms with Gasteiger partial charge in [0.2, 0.25) is 17.7 Å². The van der Waals surface area contributed by atoms with Crippen molar-refractivity contribution in [2.75, 3.05) is 18.5 Å². The summed E-state index contributed by atoms with van der Waals surface area (Å²) in [4.78, 5) is 18.7. The van der Waals surface area contributed by atoms with Crippen LogP contribution in [0.3, 0.4) is 0 Å². The van der Waals surface area contributed by atoms with E-state index in [1.54, 1.807) is 6.07 Å². The normalized spacial score (nSPS) is 9.73. The second-order valence-electron chi connectivity index (χ2n) is 2.92. The van der Waals surface area contributed by atoms with Gasteiger partial charge in [-0.15, -0.1) is 0 Å². The maximum absolute atomic E-state index is 10.5. The van der Waals surface area contributed by atoms with Gasteiger partial charge < -0.3 is 15.8 Å². The lowest BCUT2D eigenvalue weighted by Crippen LogP contribution is -2.22. The molecular weight excluding hydrogens is 196 g/mol. The fourth-order valence-corrected chi connectivity index (χ4v) is 1.01. The summed E-state index contributed by atoms with van der Waals surface area (Å²) in [6.45, 7) is 4.23. The predicted molar refractivity (Wildman–Crippen MR) is 55.6 cm³/mol. The molecule has 1 heterocycles. The average Bonchev–Trinajstić information content (AvgIpc) is 2.14. The van der Waals surface area contributed by atoms with Gasteiger partial charge in [-0.3, -0.25) is 4.79 Å². The summed E-state index contributed by atoms with van der Waals surface area (Å²) in [6, 6.07) is 1.72. The van der Waals surface area contributed by atoms with E-state index in [1.165, 1.54) is 0 Å². The van der Waals surface area contributed by atoms with E-state index in [0.717, 1.165) is 5.69 Å². The highest BCUT2D eigenvalue weighted by Crippen LogP contribution is 2.11. The first-order chi connectivity index (χ1) is 7.11. The van der Waals surface area contributed by atoms with Crippen molar-refractivity contribution in [3.05, 3.63) is 11.8 Å². The fraction of sp³-hybridized carbons (Fsp3) is 0.444. The Morgan fingerprint density at radius 2 is 2.33 bits per heavy atom. The van der Waals surface area contributed by atoms with Crippen LogP contribution in [-0.2, 0) is 4.79 Å². The molecule has 0 aliphatic carbocycles. The molecule has 0 saturated heterocycles. The van der Waals surface area contributed by atoms with Gasteiger partial charge in [-0.25, -0.2) is 4.98 Å². The molecule has 6 heteroatoms. The molecule has 1 rings (SSSR count). The Kier molecular flexibility index (Phi) is 3.84. The predicted octanol–water partition coefficient (Wildman–Crippen LogP) is 0.0809. The van der Waals surface area contributed by atoms with Crippen molar-refractivity contribution >= 4 is 11.9 Å². The SMILES string of the molecule is CCOc1cc(C)nc(NCC(N)=O)n1. The smallest absolute Gasteiger partial charge is 0.236 e. The van der Waals surface area contributed by atoms with Crippen molar-refractivity contribution in [1.82, 2.24) is 9.97 Å². The minimum absolute atomic E-state index is 0.00895. The van der Waals surface area contributed by atoms with Gasteiger partial charge in [0.15, 0.2) is 0 Å². The monoisotopic (exact) mass is 210 g/mol. The number of aryl methyl sites for hydroxylation is 1. The van der Waals surface area contributed by atoms with E-state index in [2.05, 4.69) is 15.3 Å². The van der Waals surface area contributed by atoms with E-state index < -0.39 is 5.91 Å². The van der Waals surface area contributed by atoms with E-state index in [-0.39, 0.29) is 6.54 Å². The number of hydrogen-bond donors (Lipinski definition) is 2. The van der Waals surface area contributed by atoms with Gasteiger partial charge in [0.25, 0.3) is 0 Å². The van der Waals surface area contributed by atoms with Crippen LogP contribution >= 0.6 is 0 Å². The van der Waals surface area contributed by atoms with Crippen LogP contribution in [0.15, 0.2) is 6.07 Å². The Morgan fingerprint density at radius 3 is 2.93 bits per heavy atom. The molecule has 0 aliphatic heterocycles. The third-order valence-corrected chi connectivity index (χ3v) is 1.54. The van der Waals surface area contributed by atoms with Gasteiger partial charge in [-0.2, -0.15) is 4.98 Å². The van der Waals surface area contributed by atoms with E-state index in [1.807, 2.05) is 13.8 Å². The first-order valence-electron chi connectivity index (χ1n) is 4.62. The molecule has 0 aliphatic rings. The van der Waals surface area contributed by atoms with Gasteiger partial charge in [0.05, 0.1) is 13.2 Å². The van der Waals surface area contributed by atoms with Crippen LogP contribution in [0.5, 0.6) is 5.88 Å². The largest absolute Gasteiger partial charge is 0.478 e. The highest BCUT2D eigenvalue weighted by molar-refractivity contribution is 5.78. The molecule has 0 saturated carbocycles. The molecule has 1 aromatic rings. The van der Waals surface area contributed by atoms with Crippen LogP contribution in [0.2, 0.25) is 0 Å². The van der Waals surface area contributed by atoms with Crippen LogP contribution in [0.1, 0.15) is 12.6 Å². The average molecular weight is 210 g/mol. The Morgan fingerprint density at radius 1 is 1.60 bits per heavy atom. The zero-order valence-corrected chi connectivity index (χ0v) is 8.78. The second-order valence-corrected chi connectivity index (χ2v) is 2.92.